The molecule has 1 unspecified atom stereocenters. The highest BCUT2D eigenvalue weighted by atomic mass is 32.2. The third-order valence-electron chi connectivity index (χ3n) is 5.84. The Morgan fingerprint density at radius 3 is 2.59 bits per heavy atom. The molecule has 196 valence electrons. The molecule has 1 fully saturated rings. The Bertz CT molecular complexity index is 1400. The molecule has 1 atom stereocenters. The number of nitrogens with zero attached hydrogens (tertiary/aromatic N) is 1. The van der Waals surface area contributed by atoms with Gasteiger partial charge in [0.05, 0.1) is 16.8 Å². The minimum Gasteiger partial charge on any atom is -0.473 e. The molecule has 4 rings (SSSR count). The Kier molecular flexibility index (Phi) is 8.18. The van der Waals surface area contributed by atoms with Gasteiger partial charge in [0.2, 0.25) is 6.10 Å². The Hall–Kier alpha value is -3.38. The van der Waals surface area contributed by atoms with Crippen LogP contribution in [-0.2, 0) is 19.4 Å². The second-order valence-electron chi connectivity index (χ2n) is 8.31. The summed E-state index contributed by atoms with van der Waals surface area (Å²) >= 11 is 0.945. The largest absolute Gasteiger partial charge is 0.473 e. The number of hydrogen-bond donors (Lipinski definition) is 1. The van der Waals surface area contributed by atoms with Gasteiger partial charge in [-0.3, -0.25) is 10.1 Å². The summed E-state index contributed by atoms with van der Waals surface area (Å²) < 4.78 is 65.5. The van der Waals surface area contributed by atoms with Crippen LogP contribution < -0.4 is 10.1 Å². The Labute approximate surface area is 216 Å². The van der Waals surface area contributed by atoms with Gasteiger partial charge in [-0.15, -0.1) is 11.3 Å². The van der Waals surface area contributed by atoms with Crippen molar-refractivity contribution in [2.24, 2.45) is 0 Å². The maximum absolute atomic E-state index is 14.5. The molecule has 1 N–H and O–H groups in total. The lowest BCUT2D eigenvalue weighted by atomic mass is 10.1. The summed E-state index contributed by atoms with van der Waals surface area (Å²) in [6.07, 6.45) is 0.913. The van der Waals surface area contributed by atoms with Crippen LogP contribution in [0, 0.1) is 11.6 Å². The third-order valence-corrected chi connectivity index (χ3v) is 8.94. The van der Waals surface area contributed by atoms with Crippen LogP contribution >= 0.6 is 11.3 Å². The highest BCUT2D eigenvalue weighted by Gasteiger charge is 2.36. The minimum atomic E-state index is -3.83. The van der Waals surface area contributed by atoms with E-state index in [1.807, 2.05) is 0 Å². The van der Waals surface area contributed by atoms with Crippen LogP contribution in [0.4, 0.5) is 13.9 Å². The van der Waals surface area contributed by atoms with E-state index in [1.165, 1.54) is 29.6 Å². The first-order chi connectivity index (χ1) is 17.7. The van der Waals surface area contributed by atoms with E-state index in [4.69, 9.17) is 9.47 Å². The van der Waals surface area contributed by atoms with Gasteiger partial charge in [-0.25, -0.2) is 27.0 Å². The Balaban J connectivity index is 1.72. The van der Waals surface area contributed by atoms with Gasteiger partial charge in [-0.2, -0.15) is 0 Å². The number of benzene rings is 2. The average molecular weight is 551 g/mol. The summed E-state index contributed by atoms with van der Waals surface area (Å²) in [5, 5.41) is 3.31. The summed E-state index contributed by atoms with van der Waals surface area (Å²) in [4.78, 5) is 29.3. The number of esters is 1. The van der Waals surface area contributed by atoms with Crippen LogP contribution in [0.3, 0.4) is 0 Å². The number of ether oxygens (including phenoxy) is 2. The van der Waals surface area contributed by atoms with Gasteiger partial charge in [0.25, 0.3) is 5.91 Å². The lowest BCUT2D eigenvalue weighted by Crippen LogP contribution is -2.29. The van der Waals surface area contributed by atoms with Crippen LogP contribution in [0.25, 0.3) is 0 Å². The van der Waals surface area contributed by atoms with E-state index in [2.05, 4.69) is 10.3 Å². The first-order valence-electron chi connectivity index (χ1n) is 11.6. The van der Waals surface area contributed by atoms with E-state index in [-0.39, 0.29) is 27.9 Å². The van der Waals surface area contributed by atoms with Crippen molar-refractivity contribution in [3.05, 3.63) is 70.7 Å². The van der Waals surface area contributed by atoms with E-state index in [1.54, 1.807) is 6.92 Å². The SMILES string of the molecule is CCOC(=O)c1csc(NC(=O)C(Oc2ccc(F)cc2F)c2ccccc2S(=O)(=O)C2CCCC2)n1. The lowest BCUT2D eigenvalue weighted by Gasteiger charge is -2.22. The molecule has 1 aliphatic rings. The number of sulfone groups is 1. The standard InChI is InChI=1S/C25H24F2N2O6S2/c1-2-34-24(31)19-14-36-25(28-19)29-23(30)22(35-20-12-11-15(26)13-18(20)27)17-9-5-6-10-21(17)37(32,33)16-7-3-4-8-16/h5-6,9-14,16,22H,2-4,7-8H2,1H3,(H,28,29,30). The van der Waals surface area contributed by atoms with Gasteiger partial charge in [0, 0.05) is 17.0 Å². The molecule has 1 heterocycles. The number of carbonyl (C=O) groups is 2. The summed E-state index contributed by atoms with van der Waals surface area (Å²) in [7, 11) is -3.83. The van der Waals surface area contributed by atoms with Gasteiger partial charge >= 0.3 is 5.97 Å². The number of aromatic nitrogens is 1. The van der Waals surface area contributed by atoms with Crippen LogP contribution in [0.2, 0.25) is 0 Å². The average Bonchev–Trinajstić information content (AvgIpc) is 3.57. The molecular weight excluding hydrogens is 526 g/mol. The zero-order chi connectivity index (χ0) is 26.6. The molecule has 1 aliphatic carbocycles. The molecule has 8 nitrogen and oxygen atoms in total. The molecule has 2 aromatic carbocycles. The van der Waals surface area contributed by atoms with Crippen LogP contribution in [-0.4, -0.2) is 37.1 Å². The Morgan fingerprint density at radius 2 is 1.89 bits per heavy atom. The van der Waals surface area contributed by atoms with E-state index < -0.39 is 50.5 Å². The fourth-order valence-electron chi connectivity index (χ4n) is 4.09. The topological polar surface area (TPSA) is 112 Å². The van der Waals surface area contributed by atoms with Crippen LogP contribution in [0.1, 0.15) is 54.8 Å². The molecule has 12 heteroatoms. The van der Waals surface area contributed by atoms with Gasteiger partial charge in [0.1, 0.15) is 5.82 Å². The number of nitrogens with one attached hydrogen (secondary N) is 1. The maximum atomic E-state index is 14.5. The number of carbonyl (C=O) groups excluding carboxylic acids is 2. The zero-order valence-corrected chi connectivity index (χ0v) is 21.4. The first kappa shape index (κ1) is 26.7. The quantitative estimate of drug-likeness (QED) is 0.370. The molecule has 0 saturated heterocycles. The minimum absolute atomic E-state index is 0.00204. The van der Waals surface area contributed by atoms with E-state index in [9.17, 15) is 26.8 Å². The van der Waals surface area contributed by atoms with E-state index in [0.717, 1.165) is 36.3 Å². The third kappa shape index (κ3) is 5.96. The highest BCUT2D eigenvalue weighted by Crippen LogP contribution is 2.35. The molecule has 1 aromatic heterocycles. The number of thiazole rings is 1. The van der Waals surface area contributed by atoms with Crippen LogP contribution in [0.15, 0.2) is 52.7 Å². The number of anilines is 1. The van der Waals surface area contributed by atoms with Crippen molar-refractivity contribution in [3.63, 3.8) is 0 Å². The smallest absolute Gasteiger partial charge is 0.357 e. The van der Waals surface area contributed by atoms with Gasteiger partial charge in [0.15, 0.2) is 32.2 Å². The highest BCUT2D eigenvalue weighted by molar-refractivity contribution is 7.92. The van der Waals surface area contributed by atoms with Crippen molar-refractivity contribution in [1.82, 2.24) is 4.98 Å². The summed E-state index contributed by atoms with van der Waals surface area (Å²) in [5.41, 5.74) is -0.0220. The molecule has 1 saturated carbocycles. The second kappa shape index (κ2) is 11.3. The van der Waals surface area contributed by atoms with Gasteiger partial charge in [-0.1, -0.05) is 31.0 Å². The van der Waals surface area contributed by atoms with Crippen molar-refractivity contribution in [2.45, 2.75) is 48.9 Å². The van der Waals surface area contributed by atoms with E-state index in [0.29, 0.717) is 18.9 Å². The number of rotatable bonds is 9. The monoisotopic (exact) mass is 550 g/mol. The predicted molar refractivity (Wildman–Crippen MR) is 132 cm³/mol. The van der Waals surface area contributed by atoms with Gasteiger partial charge < -0.3 is 9.47 Å². The van der Waals surface area contributed by atoms with Crippen molar-refractivity contribution >= 4 is 38.2 Å². The first-order valence-corrected chi connectivity index (χ1v) is 14.0. The molecule has 0 aliphatic heterocycles. The van der Waals surface area contributed by atoms with Crippen molar-refractivity contribution in [2.75, 3.05) is 11.9 Å². The molecule has 3 aromatic rings. The molecule has 37 heavy (non-hydrogen) atoms. The summed E-state index contributed by atoms with van der Waals surface area (Å²) in [5.74, 6) is -3.88. The van der Waals surface area contributed by atoms with Crippen molar-refractivity contribution in [1.29, 1.82) is 0 Å². The lowest BCUT2D eigenvalue weighted by molar-refractivity contribution is -0.123. The van der Waals surface area contributed by atoms with E-state index >= 15 is 0 Å². The zero-order valence-electron chi connectivity index (χ0n) is 19.8. The summed E-state index contributed by atoms with van der Waals surface area (Å²) in [6, 6.07) is 8.44. The normalized spacial score (nSPS) is 14.8. The van der Waals surface area contributed by atoms with Crippen LogP contribution in [0.5, 0.6) is 5.75 Å². The fourth-order valence-corrected chi connectivity index (χ4v) is 6.86. The number of hydrogen-bond acceptors (Lipinski definition) is 8. The maximum Gasteiger partial charge on any atom is 0.357 e. The van der Waals surface area contributed by atoms with Crippen molar-refractivity contribution < 1.29 is 36.3 Å². The number of amides is 1. The van der Waals surface area contributed by atoms with Crippen molar-refractivity contribution in [3.8, 4) is 5.75 Å². The number of halogens is 2. The molecule has 0 spiro atoms. The molecule has 0 bridgehead atoms. The van der Waals surface area contributed by atoms with Gasteiger partial charge in [-0.05, 0) is 38.0 Å². The predicted octanol–water partition coefficient (Wildman–Crippen LogP) is 5.07. The molecular formula is C25H24F2N2O6S2. The molecule has 0 radical (unpaired) electrons. The fraction of sp³-hybridized carbons (Fsp3) is 0.320. The molecule has 1 amide bonds. The Morgan fingerprint density at radius 1 is 1.16 bits per heavy atom. The summed E-state index contributed by atoms with van der Waals surface area (Å²) in [6.45, 7) is 1.78. The second-order valence-corrected chi connectivity index (χ2v) is 11.4.